The minimum atomic E-state index is 0.483. The molecule has 2 rings (SSSR count). The number of anilines is 1. The third-order valence-electron chi connectivity index (χ3n) is 2.37. The summed E-state index contributed by atoms with van der Waals surface area (Å²) < 4.78 is 6.66. The minimum absolute atomic E-state index is 0.483. The van der Waals surface area contributed by atoms with Crippen LogP contribution in [0.15, 0.2) is 41.1 Å². The third kappa shape index (κ3) is 3.20. The molecule has 0 aliphatic rings. The van der Waals surface area contributed by atoms with Crippen molar-refractivity contribution in [2.75, 3.05) is 5.73 Å². The van der Waals surface area contributed by atoms with Gasteiger partial charge in [-0.05, 0) is 40.5 Å². The number of nitrogens with two attached hydrogens (primary N) is 1. The zero-order valence-corrected chi connectivity index (χ0v) is 11.1. The Bertz CT molecular complexity index is 529. The second kappa shape index (κ2) is 5.19. The SMILES string of the molecule is Cc1ccc(N)cc1OCc1cncc(Br)c1. The smallest absolute Gasteiger partial charge is 0.124 e. The van der Waals surface area contributed by atoms with Crippen LogP contribution in [0.5, 0.6) is 5.75 Å². The molecule has 0 aliphatic carbocycles. The number of rotatable bonds is 3. The normalized spacial score (nSPS) is 10.2. The van der Waals surface area contributed by atoms with Crippen LogP contribution in [0.25, 0.3) is 0 Å². The minimum Gasteiger partial charge on any atom is -0.488 e. The fourth-order valence-electron chi connectivity index (χ4n) is 1.47. The zero-order chi connectivity index (χ0) is 12.3. The predicted molar refractivity (Wildman–Crippen MR) is 71.9 cm³/mol. The van der Waals surface area contributed by atoms with Crippen molar-refractivity contribution in [3.8, 4) is 5.75 Å². The Hall–Kier alpha value is -1.55. The first kappa shape index (κ1) is 11.9. The quantitative estimate of drug-likeness (QED) is 0.883. The molecule has 0 radical (unpaired) electrons. The van der Waals surface area contributed by atoms with E-state index in [1.807, 2.05) is 31.2 Å². The van der Waals surface area contributed by atoms with Crippen molar-refractivity contribution in [2.45, 2.75) is 13.5 Å². The molecular weight excluding hydrogens is 280 g/mol. The second-order valence-corrected chi connectivity index (χ2v) is 4.74. The molecule has 1 aromatic carbocycles. The molecule has 0 fully saturated rings. The Morgan fingerprint density at radius 1 is 1.29 bits per heavy atom. The van der Waals surface area contributed by atoms with Crippen LogP contribution in [0.3, 0.4) is 0 Å². The molecule has 88 valence electrons. The Balaban J connectivity index is 2.09. The van der Waals surface area contributed by atoms with Gasteiger partial charge in [0.05, 0.1) is 0 Å². The summed E-state index contributed by atoms with van der Waals surface area (Å²) in [6, 6.07) is 7.63. The first-order chi connectivity index (χ1) is 8.15. The average Bonchev–Trinajstić information content (AvgIpc) is 2.30. The van der Waals surface area contributed by atoms with Crippen molar-refractivity contribution in [1.29, 1.82) is 0 Å². The van der Waals surface area contributed by atoms with Crippen LogP contribution in [0.4, 0.5) is 5.69 Å². The summed E-state index contributed by atoms with van der Waals surface area (Å²) in [5.41, 5.74) is 8.51. The average molecular weight is 293 g/mol. The van der Waals surface area contributed by atoms with E-state index in [1.165, 1.54) is 0 Å². The standard InChI is InChI=1S/C13H13BrN2O/c1-9-2-3-12(15)5-13(9)17-8-10-4-11(14)7-16-6-10/h2-7H,8,15H2,1H3. The number of ether oxygens (including phenoxy) is 1. The molecule has 0 spiro atoms. The van der Waals surface area contributed by atoms with Crippen molar-refractivity contribution in [3.63, 3.8) is 0 Å². The molecule has 17 heavy (non-hydrogen) atoms. The fraction of sp³-hybridized carbons (Fsp3) is 0.154. The van der Waals surface area contributed by atoms with Crippen molar-refractivity contribution < 1.29 is 4.74 Å². The van der Waals surface area contributed by atoms with Gasteiger partial charge in [0.2, 0.25) is 0 Å². The van der Waals surface area contributed by atoms with Gasteiger partial charge < -0.3 is 10.5 Å². The van der Waals surface area contributed by atoms with E-state index in [1.54, 1.807) is 12.4 Å². The van der Waals surface area contributed by atoms with Crippen molar-refractivity contribution in [1.82, 2.24) is 4.98 Å². The lowest BCUT2D eigenvalue weighted by Gasteiger charge is -2.09. The second-order valence-electron chi connectivity index (χ2n) is 3.83. The van der Waals surface area contributed by atoms with E-state index in [2.05, 4.69) is 20.9 Å². The summed E-state index contributed by atoms with van der Waals surface area (Å²) in [4.78, 5) is 4.08. The summed E-state index contributed by atoms with van der Waals surface area (Å²) in [7, 11) is 0. The monoisotopic (exact) mass is 292 g/mol. The molecule has 2 aromatic rings. The first-order valence-corrected chi connectivity index (χ1v) is 6.03. The lowest BCUT2D eigenvalue weighted by Crippen LogP contribution is -1.98. The highest BCUT2D eigenvalue weighted by molar-refractivity contribution is 9.10. The van der Waals surface area contributed by atoms with Crippen molar-refractivity contribution in [3.05, 3.63) is 52.3 Å². The third-order valence-corrected chi connectivity index (χ3v) is 2.80. The number of nitrogen functional groups attached to an aromatic ring is 1. The first-order valence-electron chi connectivity index (χ1n) is 5.23. The molecule has 0 unspecified atom stereocenters. The lowest BCUT2D eigenvalue weighted by molar-refractivity contribution is 0.304. The number of hydrogen-bond acceptors (Lipinski definition) is 3. The molecule has 3 nitrogen and oxygen atoms in total. The highest BCUT2D eigenvalue weighted by atomic mass is 79.9. The van der Waals surface area contributed by atoms with E-state index in [4.69, 9.17) is 10.5 Å². The van der Waals surface area contributed by atoms with E-state index >= 15 is 0 Å². The number of nitrogens with zero attached hydrogens (tertiary/aromatic N) is 1. The number of hydrogen-bond donors (Lipinski definition) is 1. The van der Waals surface area contributed by atoms with Gasteiger partial charge in [-0.15, -0.1) is 0 Å². The topological polar surface area (TPSA) is 48.1 Å². The Morgan fingerprint density at radius 2 is 2.12 bits per heavy atom. The molecule has 0 saturated heterocycles. The Labute approximate surface area is 109 Å². The Kier molecular flexibility index (Phi) is 3.64. The van der Waals surface area contributed by atoms with Crippen LogP contribution in [0.2, 0.25) is 0 Å². The van der Waals surface area contributed by atoms with Crippen LogP contribution in [-0.4, -0.2) is 4.98 Å². The number of aryl methyl sites for hydroxylation is 1. The van der Waals surface area contributed by atoms with Gasteiger partial charge in [-0.25, -0.2) is 0 Å². The molecule has 0 aliphatic heterocycles. The highest BCUT2D eigenvalue weighted by Crippen LogP contribution is 2.22. The van der Waals surface area contributed by atoms with E-state index in [0.717, 1.165) is 21.3 Å². The van der Waals surface area contributed by atoms with Gasteiger partial charge in [-0.3, -0.25) is 4.98 Å². The largest absolute Gasteiger partial charge is 0.488 e. The maximum atomic E-state index is 5.72. The maximum Gasteiger partial charge on any atom is 0.124 e. The van der Waals surface area contributed by atoms with Gasteiger partial charge in [-0.2, -0.15) is 0 Å². The van der Waals surface area contributed by atoms with E-state index < -0.39 is 0 Å². The van der Waals surface area contributed by atoms with E-state index in [0.29, 0.717) is 12.3 Å². The van der Waals surface area contributed by atoms with Crippen LogP contribution in [-0.2, 0) is 6.61 Å². The summed E-state index contributed by atoms with van der Waals surface area (Å²) in [6.07, 6.45) is 3.53. The number of pyridine rings is 1. The number of benzene rings is 1. The van der Waals surface area contributed by atoms with Crippen LogP contribution >= 0.6 is 15.9 Å². The molecule has 0 bridgehead atoms. The Morgan fingerprint density at radius 3 is 2.88 bits per heavy atom. The van der Waals surface area contributed by atoms with Crippen molar-refractivity contribution in [2.24, 2.45) is 0 Å². The lowest BCUT2D eigenvalue weighted by atomic mass is 10.2. The molecule has 0 saturated carbocycles. The fourth-order valence-corrected chi connectivity index (χ4v) is 1.88. The molecule has 4 heteroatoms. The summed E-state index contributed by atoms with van der Waals surface area (Å²) >= 11 is 3.38. The van der Waals surface area contributed by atoms with E-state index in [9.17, 15) is 0 Å². The number of aromatic nitrogens is 1. The van der Waals surface area contributed by atoms with Gasteiger partial charge in [0.1, 0.15) is 12.4 Å². The molecule has 2 N–H and O–H groups in total. The van der Waals surface area contributed by atoms with Gasteiger partial charge in [0.25, 0.3) is 0 Å². The maximum absolute atomic E-state index is 5.72. The predicted octanol–water partition coefficient (Wildman–Crippen LogP) is 3.31. The molecule has 0 amide bonds. The molecular formula is C13H13BrN2O. The van der Waals surface area contributed by atoms with E-state index in [-0.39, 0.29) is 0 Å². The molecule has 0 atom stereocenters. The molecule has 1 heterocycles. The number of halogens is 1. The summed E-state index contributed by atoms with van der Waals surface area (Å²) in [5.74, 6) is 0.810. The molecule has 1 aromatic heterocycles. The summed E-state index contributed by atoms with van der Waals surface area (Å²) in [6.45, 7) is 2.48. The summed E-state index contributed by atoms with van der Waals surface area (Å²) in [5, 5.41) is 0. The highest BCUT2D eigenvalue weighted by Gasteiger charge is 2.01. The zero-order valence-electron chi connectivity index (χ0n) is 9.48. The van der Waals surface area contributed by atoms with Gasteiger partial charge in [-0.1, -0.05) is 6.07 Å². The van der Waals surface area contributed by atoms with Gasteiger partial charge in [0, 0.05) is 34.2 Å². The van der Waals surface area contributed by atoms with Gasteiger partial charge >= 0.3 is 0 Å². The van der Waals surface area contributed by atoms with Crippen LogP contribution < -0.4 is 10.5 Å². The van der Waals surface area contributed by atoms with Crippen molar-refractivity contribution >= 4 is 21.6 Å². The van der Waals surface area contributed by atoms with Crippen LogP contribution in [0, 0.1) is 6.92 Å². The van der Waals surface area contributed by atoms with Crippen LogP contribution in [0.1, 0.15) is 11.1 Å². The van der Waals surface area contributed by atoms with Gasteiger partial charge in [0.15, 0.2) is 0 Å².